The molecule has 7 aliphatic carbocycles. The molecule has 23 heavy (non-hydrogen) atoms. The van der Waals surface area contributed by atoms with E-state index in [1.165, 1.54) is 0 Å². The van der Waals surface area contributed by atoms with Crippen molar-refractivity contribution >= 4 is 5.97 Å². The van der Waals surface area contributed by atoms with Gasteiger partial charge < -0.3 is 14.9 Å². The topological polar surface area (TPSA) is 66.8 Å². The van der Waals surface area contributed by atoms with Gasteiger partial charge in [-0.2, -0.15) is 0 Å². The Balaban J connectivity index is 1.49. The van der Waals surface area contributed by atoms with Gasteiger partial charge in [-0.1, -0.05) is 13.8 Å². The SMILES string of the molecule is CCC(C)C(=O)OC12CC3C4CC5(O)CC3C(O)(C1)C(C5)C4C2. The molecule has 5 atom stereocenters. The van der Waals surface area contributed by atoms with Crippen LogP contribution in [0.2, 0.25) is 0 Å². The van der Waals surface area contributed by atoms with Crippen molar-refractivity contribution in [3.8, 4) is 0 Å². The predicted octanol–water partition coefficient (Wildman–Crippen LogP) is 2.27. The van der Waals surface area contributed by atoms with Gasteiger partial charge in [-0.15, -0.1) is 0 Å². The molecular weight excluding hydrogens is 292 g/mol. The lowest BCUT2D eigenvalue weighted by molar-refractivity contribution is -0.348. The minimum absolute atomic E-state index is 0.0639. The molecule has 7 rings (SSSR count). The summed E-state index contributed by atoms with van der Waals surface area (Å²) in [5.41, 5.74) is -1.66. The standard InChI is InChI=1S/C19H28O4/c1-3-10(2)16(20)23-18-5-12-11-4-17(21)7-14(12)19(22,9-18)15(8-17)13(11)6-18/h10-15,21-22H,3-9H2,1-2H3. The molecule has 2 N–H and O–H groups in total. The largest absolute Gasteiger partial charge is 0.459 e. The third-order valence-electron chi connectivity index (χ3n) is 8.39. The zero-order valence-corrected chi connectivity index (χ0v) is 14.1. The smallest absolute Gasteiger partial charge is 0.309 e. The molecular formula is C19H28O4. The van der Waals surface area contributed by atoms with E-state index in [0.717, 1.165) is 38.5 Å². The Morgan fingerprint density at radius 2 is 1.70 bits per heavy atom. The summed E-state index contributed by atoms with van der Waals surface area (Å²) in [6.07, 6.45) is 5.63. The minimum atomic E-state index is -0.704. The first-order valence-electron chi connectivity index (χ1n) is 9.47. The van der Waals surface area contributed by atoms with E-state index >= 15 is 0 Å². The summed E-state index contributed by atoms with van der Waals surface area (Å²) in [4.78, 5) is 12.4. The molecule has 4 heteroatoms. The highest BCUT2D eigenvalue weighted by Crippen LogP contribution is 2.74. The van der Waals surface area contributed by atoms with Gasteiger partial charge in [0.1, 0.15) is 5.60 Å². The Labute approximate surface area is 137 Å². The molecule has 0 spiro atoms. The average Bonchev–Trinajstić information content (AvgIpc) is 2.50. The molecule has 7 saturated carbocycles. The Morgan fingerprint density at radius 3 is 2.26 bits per heavy atom. The van der Waals surface area contributed by atoms with Gasteiger partial charge in [-0.05, 0) is 68.1 Å². The monoisotopic (exact) mass is 320 g/mol. The summed E-state index contributed by atoms with van der Waals surface area (Å²) in [5.74, 6) is 1.70. The van der Waals surface area contributed by atoms with Crippen molar-refractivity contribution < 1.29 is 19.7 Å². The molecule has 0 aromatic rings. The Bertz CT molecular complexity index is 546. The quantitative estimate of drug-likeness (QED) is 0.783. The number of hydrogen-bond donors (Lipinski definition) is 2. The normalized spacial score (nSPS) is 59.4. The van der Waals surface area contributed by atoms with E-state index in [4.69, 9.17) is 4.74 Å². The molecule has 0 aromatic heterocycles. The Kier molecular flexibility index (Phi) is 2.64. The maximum absolute atomic E-state index is 12.4. The molecule has 8 bridgehead atoms. The summed E-state index contributed by atoms with van der Waals surface area (Å²) in [7, 11) is 0. The van der Waals surface area contributed by atoms with Crippen molar-refractivity contribution in [1.82, 2.24) is 0 Å². The molecule has 0 aromatic carbocycles. The number of carbonyl (C=O) groups is 1. The first-order valence-corrected chi connectivity index (χ1v) is 9.47. The van der Waals surface area contributed by atoms with E-state index in [2.05, 4.69) is 0 Å². The number of hydrogen-bond acceptors (Lipinski definition) is 4. The van der Waals surface area contributed by atoms with Crippen LogP contribution in [0, 0.1) is 35.5 Å². The predicted molar refractivity (Wildman–Crippen MR) is 83.3 cm³/mol. The number of esters is 1. The fourth-order valence-electron chi connectivity index (χ4n) is 7.45. The van der Waals surface area contributed by atoms with Crippen LogP contribution in [-0.4, -0.2) is 33.0 Å². The Morgan fingerprint density at radius 1 is 1.09 bits per heavy atom. The minimum Gasteiger partial charge on any atom is -0.459 e. The van der Waals surface area contributed by atoms with Crippen molar-refractivity contribution in [2.24, 2.45) is 35.5 Å². The van der Waals surface area contributed by atoms with Gasteiger partial charge in [0.05, 0.1) is 17.1 Å². The van der Waals surface area contributed by atoms with Crippen LogP contribution in [0.25, 0.3) is 0 Å². The zero-order valence-electron chi connectivity index (χ0n) is 14.1. The van der Waals surface area contributed by atoms with Crippen LogP contribution in [0.1, 0.15) is 58.8 Å². The zero-order chi connectivity index (χ0) is 16.2. The molecule has 128 valence electrons. The average molecular weight is 320 g/mol. The van der Waals surface area contributed by atoms with E-state index in [0.29, 0.717) is 24.2 Å². The molecule has 7 fully saturated rings. The van der Waals surface area contributed by atoms with Crippen LogP contribution in [0.4, 0.5) is 0 Å². The Hall–Kier alpha value is -0.610. The molecule has 0 amide bonds. The van der Waals surface area contributed by atoms with E-state index in [1.54, 1.807) is 0 Å². The summed E-state index contributed by atoms with van der Waals surface area (Å²) >= 11 is 0. The van der Waals surface area contributed by atoms with E-state index in [9.17, 15) is 15.0 Å². The summed E-state index contributed by atoms with van der Waals surface area (Å²) in [6, 6.07) is 0. The number of aliphatic hydroxyl groups is 2. The molecule has 0 radical (unpaired) electrons. The first-order chi connectivity index (χ1) is 10.8. The maximum atomic E-state index is 12.4. The van der Waals surface area contributed by atoms with Crippen molar-refractivity contribution in [2.45, 2.75) is 75.6 Å². The second-order valence-corrected chi connectivity index (χ2v) is 9.53. The summed E-state index contributed by atoms with van der Waals surface area (Å²) in [5, 5.41) is 22.3. The highest BCUT2D eigenvalue weighted by atomic mass is 16.6. The van der Waals surface area contributed by atoms with Gasteiger partial charge in [-0.3, -0.25) is 4.79 Å². The van der Waals surface area contributed by atoms with Gasteiger partial charge >= 0.3 is 5.97 Å². The number of ether oxygens (including phenoxy) is 1. The van der Waals surface area contributed by atoms with E-state index < -0.39 is 16.8 Å². The van der Waals surface area contributed by atoms with Crippen LogP contribution < -0.4 is 0 Å². The van der Waals surface area contributed by atoms with Gasteiger partial charge in [0.2, 0.25) is 0 Å². The number of carbonyl (C=O) groups excluding carboxylic acids is 1. The third-order valence-corrected chi connectivity index (χ3v) is 8.39. The summed E-state index contributed by atoms with van der Waals surface area (Å²) < 4.78 is 6.06. The lowest BCUT2D eigenvalue weighted by Crippen LogP contribution is -2.78. The molecule has 0 aliphatic heterocycles. The molecule has 5 unspecified atom stereocenters. The van der Waals surface area contributed by atoms with Crippen molar-refractivity contribution in [2.75, 3.05) is 0 Å². The van der Waals surface area contributed by atoms with Crippen molar-refractivity contribution in [3.63, 3.8) is 0 Å². The highest BCUT2D eigenvalue weighted by Gasteiger charge is 2.76. The van der Waals surface area contributed by atoms with Crippen molar-refractivity contribution in [1.29, 1.82) is 0 Å². The molecule has 4 nitrogen and oxygen atoms in total. The first kappa shape index (κ1) is 14.7. The maximum Gasteiger partial charge on any atom is 0.309 e. The van der Waals surface area contributed by atoms with E-state index in [1.807, 2.05) is 13.8 Å². The molecule has 0 heterocycles. The number of rotatable bonds is 3. The van der Waals surface area contributed by atoms with Crippen molar-refractivity contribution in [3.05, 3.63) is 0 Å². The van der Waals surface area contributed by atoms with Gasteiger partial charge in [0.15, 0.2) is 0 Å². The van der Waals surface area contributed by atoms with Gasteiger partial charge in [-0.25, -0.2) is 0 Å². The lowest BCUT2D eigenvalue weighted by atomic mass is 9.32. The highest BCUT2D eigenvalue weighted by molar-refractivity contribution is 5.72. The van der Waals surface area contributed by atoms with Gasteiger partial charge in [0.25, 0.3) is 0 Å². The summed E-state index contributed by atoms with van der Waals surface area (Å²) in [6.45, 7) is 3.94. The van der Waals surface area contributed by atoms with E-state index in [-0.39, 0.29) is 23.7 Å². The second kappa shape index (κ2) is 4.13. The fourth-order valence-corrected chi connectivity index (χ4v) is 7.45. The van der Waals surface area contributed by atoms with Crippen LogP contribution in [-0.2, 0) is 9.53 Å². The lowest BCUT2D eigenvalue weighted by Gasteiger charge is -2.76. The molecule has 7 aliphatic rings. The third kappa shape index (κ3) is 1.67. The molecule has 0 saturated heterocycles. The van der Waals surface area contributed by atoms with Crippen LogP contribution in [0.15, 0.2) is 0 Å². The van der Waals surface area contributed by atoms with Crippen LogP contribution >= 0.6 is 0 Å². The fraction of sp³-hybridized carbons (Fsp3) is 0.947. The van der Waals surface area contributed by atoms with Crippen LogP contribution in [0.3, 0.4) is 0 Å². The van der Waals surface area contributed by atoms with Crippen LogP contribution in [0.5, 0.6) is 0 Å². The van der Waals surface area contributed by atoms with Gasteiger partial charge in [0, 0.05) is 6.42 Å². The second-order valence-electron chi connectivity index (χ2n) is 9.53.